The van der Waals surface area contributed by atoms with Gasteiger partial charge in [0.25, 0.3) is 0 Å². The maximum absolute atomic E-state index is 3.82. The monoisotopic (exact) mass is 357 g/mol. The fraction of sp³-hybridized carbons (Fsp3) is 0.765. The smallest absolute Gasteiger partial charge is 0.0314 e. The highest BCUT2D eigenvalue weighted by Crippen LogP contribution is 2.47. The van der Waals surface area contributed by atoms with Crippen molar-refractivity contribution in [1.29, 1.82) is 0 Å². The SMILES string of the molecule is CCNC(Cc1sccc1Br)C1(CC(C)C)CCCC1. The second-order valence-corrected chi connectivity index (χ2v) is 8.53. The number of hydrogen-bond acceptors (Lipinski definition) is 2. The molecule has 1 heterocycles. The van der Waals surface area contributed by atoms with Gasteiger partial charge in [-0.15, -0.1) is 11.3 Å². The van der Waals surface area contributed by atoms with Gasteiger partial charge in [-0.2, -0.15) is 0 Å². The molecule has 3 heteroatoms. The van der Waals surface area contributed by atoms with Crippen molar-refractivity contribution in [2.24, 2.45) is 11.3 Å². The maximum atomic E-state index is 3.82. The van der Waals surface area contributed by atoms with Gasteiger partial charge in [0, 0.05) is 15.4 Å². The Balaban J connectivity index is 2.18. The van der Waals surface area contributed by atoms with Gasteiger partial charge in [0.1, 0.15) is 0 Å². The summed E-state index contributed by atoms with van der Waals surface area (Å²) in [4.78, 5) is 1.51. The van der Waals surface area contributed by atoms with Crippen LogP contribution in [0.1, 0.15) is 57.8 Å². The van der Waals surface area contributed by atoms with Gasteiger partial charge in [0.05, 0.1) is 0 Å². The summed E-state index contributed by atoms with van der Waals surface area (Å²) in [6, 6.07) is 2.82. The summed E-state index contributed by atoms with van der Waals surface area (Å²) in [5.74, 6) is 0.793. The Hall–Kier alpha value is 0.140. The van der Waals surface area contributed by atoms with Crippen LogP contribution >= 0.6 is 27.3 Å². The molecule has 1 saturated carbocycles. The maximum Gasteiger partial charge on any atom is 0.0314 e. The van der Waals surface area contributed by atoms with Crippen LogP contribution in [0.4, 0.5) is 0 Å². The molecule has 1 aliphatic rings. The first-order valence-corrected chi connectivity index (χ1v) is 9.70. The minimum atomic E-state index is 0.521. The molecule has 1 N–H and O–H groups in total. The molecule has 0 aliphatic heterocycles. The lowest BCUT2D eigenvalue weighted by Gasteiger charge is -2.40. The molecular weight excluding hydrogens is 330 g/mol. The number of hydrogen-bond donors (Lipinski definition) is 1. The normalized spacial score (nSPS) is 19.6. The van der Waals surface area contributed by atoms with E-state index in [0.29, 0.717) is 11.5 Å². The van der Waals surface area contributed by atoms with Crippen LogP contribution in [-0.4, -0.2) is 12.6 Å². The van der Waals surface area contributed by atoms with E-state index < -0.39 is 0 Å². The molecule has 1 fully saturated rings. The van der Waals surface area contributed by atoms with Crippen molar-refractivity contribution in [2.45, 2.75) is 65.3 Å². The topological polar surface area (TPSA) is 12.0 Å². The third-order valence-corrected chi connectivity index (χ3v) is 6.63. The van der Waals surface area contributed by atoms with Gasteiger partial charge in [-0.1, -0.05) is 33.6 Å². The zero-order chi connectivity index (χ0) is 14.6. The Bertz CT molecular complexity index is 407. The Labute approximate surface area is 136 Å². The number of likely N-dealkylation sites (N-methyl/N-ethyl adjacent to an activating group) is 1. The molecule has 20 heavy (non-hydrogen) atoms. The van der Waals surface area contributed by atoms with E-state index in [1.54, 1.807) is 0 Å². The fourth-order valence-electron chi connectivity index (χ4n) is 3.99. The van der Waals surface area contributed by atoms with Gasteiger partial charge < -0.3 is 5.32 Å². The lowest BCUT2D eigenvalue weighted by atomic mass is 9.71. The van der Waals surface area contributed by atoms with Crippen molar-refractivity contribution >= 4 is 27.3 Å². The highest BCUT2D eigenvalue weighted by Gasteiger charge is 2.41. The predicted molar refractivity (Wildman–Crippen MR) is 93.5 cm³/mol. The van der Waals surface area contributed by atoms with E-state index in [-0.39, 0.29) is 0 Å². The summed E-state index contributed by atoms with van der Waals surface area (Å²) in [7, 11) is 0. The fourth-order valence-corrected chi connectivity index (χ4v) is 5.56. The molecular formula is C17H28BrNS. The van der Waals surface area contributed by atoms with Crippen molar-refractivity contribution < 1.29 is 0 Å². The zero-order valence-electron chi connectivity index (χ0n) is 13.0. The third-order valence-electron chi connectivity index (χ3n) is 4.68. The third kappa shape index (κ3) is 3.86. The van der Waals surface area contributed by atoms with Gasteiger partial charge in [-0.05, 0) is 70.9 Å². The van der Waals surface area contributed by atoms with Crippen molar-refractivity contribution in [3.8, 4) is 0 Å². The second-order valence-electron chi connectivity index (χ2n) is 6.67. The van der Waals surface area contributed by atoms with Crippen LogP contribution in [0, 0.1) is 11.3 Å². The highest BCUT2D eigenvalue weighted by molar-refractivity contribution is 9.10. The molecule has 1 aliphatic carbocycles. The molecule has 0 bridgehead atoms. The van der Waals surface area contributed by atoms with Gasteiger partial charge in [-0.3, -0.25) is 0 Å². The summed E-state index contributed by atoms with van der Waals surface area (Å²) in [5, 5.41) is 6.02. The van der Waals surface area contributed by atoms with E-state index in [0.717, 1.165) is 12.5 Å². The lowest BCUT2D eigenvalue weighted by Crippen LogP contribution is -2.46. The second kappa shape index (κ2) is 7.42. The zero-order valence-corrected chi connectivity index (χ0v) is 15.4. The Kier molecular flexibility index (Phi) is 6.12. The molecule has 1 aromatic rings. The molecule has 114 valence electrons. The molecule has 0 amide bonds. The molecule has 0 aromatic carbocycles. The van der Waals surface area contributed by atoms with Crippen molar-refractivity contribution in [3.63, 3.8) is 0 Å². The first kappa shape index (κ1) is 16.5. The standard InChI is InChI=1S/C17H28BrNS/c1-4-19-16(11-15-14(18)7-10-20-15)17(12-13(2)3)8-5-6-9-17/h7,10,13,16,19H,4-6,8-9,11-12H2,1-3H3. The Morgan fingerprint density at radius 2 is 2.05 bits per heavy atom. The molecule has 0 spiro atoms. The van der Waals surface area contributed by atoms with Gasteiger partial charge in [-0.25, -0.2) is 0 Å². The highest BCUT2D eigenvalue weighted by atomic mass is 79.9. The van der Waals surface area contributed by atoms with E-state index in [1.807, 2.05) is 11.3 Å². The molecule has 1 nitrogen and oxygen atoms in total. The summed E-state index contributed by atoms with van der Waals surface area (Å²) in [6.07, 6.45) is 8.20. The molecule has 1 atom stereocenters. The molecule has 2 rings (SSSR count). The van der Waals surface area contributed by atoms with E-state index >= 15 is 0 Å². The molecule has 1 aromatic heterocycles. The van der Waals surface area contributed by atoms with E-state index in [4.69, 9.17) is 0 Å². The number of halogens is 1. The Morgan fingerprint density at radius 3 is 2.55 bits per heavy atom. The van der Waals surface area contributed by atoms with Crippen LogP contribution in [0.3, 0.4) is 0 Å². The minimum Gasteiger partial charge on any atom is -0.313 e. The van der Waals surface area contributed by atoms with Crippen LogP contribution in [0.25, 0.3) is 0 Å². The largest absolute Gasteiger partial charge is 0.313 e. The number of rotatable bonds is 7. The van der Waals surface area contributed by atoms with Crippen LogP contribution in [0.15, 0.2) is 15.9 Å². The van der Waals surface area contributed by atoms with Crippen molar-refractivity contribution in [1.82, 2.24) is 5.32 Å². The quantitative estimate of drug-likeness (QED) is 0.665. The summed E-state index contributed by atoms with van der Waals surface area (Å²) < 4.78 is 1.29. The predicted octanol–water partition coefficient (Wildman–Crippen LogP) is 5.64. The van der Waals surface area contributed by atoms with Crippen molar-refractivity contribution in [3.05, 3.63) is 20.8 Å². The molecule has 0 saturated heterocycles. The average Bonchev–Trinajstić information content (AvgIpc) is 2.99. The lowest BCUT2D eigenvalue weighted by molar-refractivity contribution is 0.156. The summed E-state index contributed by atoms with van der Waals surface area (Å²) in [6.45, 7) is 8.08. The molecule has 1 unspecified atom stereocenters. The van der Waals surface area contributed by atoms with Gasteiger partial charge in [0.2, 0.25) is 0 Å². The molecule has 0 radical (unpaired) electrons. The number of nitrogens with one attached hydrogen (secondary N) is 1. The van der Waals surface area contributed by atoms with Gasteiger partial charge >= 0.3 is 0 Å². The Morgan fingerprint density at radius 1 is 1.35 bits per heavy atom. The van der Waals surface area contributed by atoms with Crippen LogP contribution in [0.2, 0.25) is 0 Å². The van der Waals surface area contributed by atoms with E-state index in [9.17, 15) is 0 Å². The first-order valence-electron chi connectivity index (χ1n) is 8.02. The summed E-state index contributed by atoms with van der Waals surface area (Å²) in [5.41, 5.74) is 0.521. The summed E-state index contributed by atoms with van der Waals surface area (Å²) >= 11 is 5.60. The number of thiophene rings is 1. The van der Waals surface area contributed by atoms with E-state index in [1.165, 1.54) is 47.9 Å². The average molecular weight is 358 g/mol. The van der Waals surface area contributed by atoms with Crippen LogP contribution in [0.5, 0.6) is 0 Å². The minimum absolute atomic E-state index is 0.521. The van der Waals surface area contributed by atoms with Crippen LogP contribution in [-0.2, 0) is 6.42 Å². The first-order chi connectivity index (χ1) is 9.57. The van der Waals surface area contributed by atoms with Crippen molar-refractivity contribution in [2.75, 3.05) is 6.54 Å². The van der Waals surface area contributed by atoms with E-state index in [2.05, 4.69) is 53.5 Å². The van der Waals surface area contributed by atoms with Crippen LogP contribution < -0.4 is 5.32 Å². The van der Waals surface area contributed by atoms with Gasteiger partial charge in [0.15, 0.2) is 0 Å².